The van der Waals surface area contributed by atoms with Crippen LogP contribution in [0.5, 0.6) is 0 Å². The fraction of sp³-hybridized carbons (Fsp3) is 0.128. The highest BCUT2D eigenvalue weighted by Crippen LogP contribution is 2.37. The molecule has 3 amide bonds. The van der Waals surface area contributed by atoms with Gasteiger partial charge in [-0.05, 0) is 61.4 Å². The number of anilines is 2. The molecule has 0 fully saturated rings. The third kappa shape index (κ3) is 9.19. The molecule has 0 bridgehead atoms. The van der Waals surface area contributed by atoms with Crippen molar-refractivity contribution in [1.82, 2.24) is 5.32 Å². The van der Waals surface area contributed by atoms with Crippen LogP contribution >= 0.6 is 23.1 Å². The molecule has 52 heavy (non-hydrogen) atoms. The molecule has 0 aliphatic rings. The average Bonchev–Trinajstić information content (AvgIpc) is 3.57. The molecule has 264 valence electrons. The van der Waals surface area contributed by atoms with Gasteiger partial charge in [0.05, 0.1) is 22.8 Å². The number of nitrogens with zero attached hydrogens (tertiary/aromatic N) is 1. The number of carbonyl (C=O) groups is 4. The first-order valence-electron chi connectivity index (χ1n) is 16.0. The lowest BCUT2D eigenvalue weighted by molar-refractivity contribution is -0.385. The largest absolute Gasteiger partial charge is 0.465 e. The summed E-state index contributed by atoms with van der Waals surface area (Å²) in [5.74, 6) is -2.17. The van der Waals surface area contributed by atoms with Crippen LogP contribution in [0.4, 0.5) is 16.4 Å². The number of carbonyl (C=O) groups excluding carboxylic acids is 4. The van der Waals surface area contributed by atoms with Crippen LogP contribution < -0.4 is 16.0 Å². The van der Waals surface area contributed by atoms with E-state index in [4.69, 9.17) is 4.74 Å². The van der Waals surface area contributed by atoms with Gasteiger partial charge in [-0.25, -0.2) is 4.79 Å². The minimum absolute atomic E-state index is 0.124. The summed E-state index contributed by atoms with van der Waals surface area (Å²) in [5.41, 5.74) is 3.15. The van der Waals surface area contributed by atoms with E-state index in [2.05, 4.69) is 16.0 Å². The molecule has 3 N–H and O–H groups in total. The predicted molar refractivity (Wildman–Crippen MR) is 204 cm³/mol. The topological polar surface area (TPSA) is 157 Å². The van der Waals surface area contributed by atoms with Crippen molar-refractivity contribution in [3.63, 3.8) is 0 Å². The second-order valence-electron chi connectivity index (χ2n) is 11.4. The van der Waals surface area contributed by atoms with Crippen molar-refractivity contribution >= 4 is 69.2 Å². The van der Waals surface area contributed by atoms with Crippen LogP contribution in [0, 0.1) is 17.0 Å². The first kappa shape index (κ1) is 37.2. The summed E-state index contributed by atoms with van der Waals surface area (Å²) in [5, 5.41) is 21.6. The van der Waals surface area contributed by atoms with Crippen molar-refractivity contribution in [3.8, 4) is 11.1 Å². The minimum atomic E-state index is -0.716. The first-order valence-corrected chi connectivity index (χ1v) is 17.8. The van der Waals surface area contributed by atoms with Gasteiger partial charge in [0, 0.05) is 33.2 Å². The SMILES string of the molecule is CCC(Sc1cccc(NC(=O)/C(=C\c2ccccc2[N+](=O)[O-])NC(=O)c2ccccc2)c1)C(=O)Nc1scc(-c2ccc(C)cc2)c1C(=O)OC. The van der Waals surface area contributed by atoms with Crippen LogP contribution in [-0.2, 0) is 14.3 Å². The molecule has 0 radical (unpaired) electrons. The second-order valence-corrected chi connectivity index (χ2v) is 13.5. The summed E-state index contributed by atoms with van der Waals surface area (Å²) >= 11 is 2.51. The number of aryl methyl sites for hydroxylation is 1. The molecule has 1 unspecified atom stereocenters. The molecule has 0 aliphatic heterocycles. The predicted octanol–water partition coefficient (Wildman–Crippen LogP) is 8.34. The normalized spacial score (nSPS) is 11.6. The van der Waals surface area contributed by atoms with Crippen LogP contribution in [0.1, 0.15) is 45.2 Å². The number of rotatable bonds is 13. The molecule has 0 saturated carbocycles. The summed E-state index contributed by atoms with van der Waals surface area (Å²) in [6.45, 7) is 3.84. The molecule has 1 aromatic heterocycles. The third-order valence-corrected chi connectivity index (χ3v) is 10.0. The summed E-state index contributed by atoms with van der Waals surface area (Å²) in [7, 11) is 1.29. The zero-order valence-corrected chi connectivity index (χ0v) is 30.0. The van der Waals surface area contributed by atoms with E-state index in [9.17, 15) is 29.3 Å². The zero-order chi connectivity index (χ0) is 37.2. The number of nitro groups is 1. The molecule has 5 aromatic rings. The highest BCUT2D eigenvalue weighted by molar-refractivity contribution is 8.00. The Balaban J connectivity index is 1.35. The van der Waals surface area contributed by atoms with Crippen molar-refractivity contribution in [1.29, 1.82) is 0 Å². The number of hydrogen-bond acceptors (Lipinski definition) is 9. The number of esters is 1. The Morgan fingerprint density at radius 3 is 2.33 bits per heavy atom. The Bertz CT molecular complexity index is 2150. The van der Waals surface area contributed by atoms with Gasteiger partial charge in [0.2, 0.25) is 5.91 Å². The van der Waals surface area contributed by atoms with Gasteiger partial charge in [0.15, 0.2) is 0 Å². The number of nitro benzene ring substituents is 1. The Morgan fingerprint density at radius 1 is 0.923 bits per heavy atom. The molecule has 13 heteroatoms. The number of para-hydroxylation sites is 1. The van der Waals surface area contributed by atoms with Gasteiger partial charge in [0.1, 0.15) is 16.3 Å². The number of hydrogen-bond donors (Lipinski definition) is 3. The van der Waals surface area contributed by atoms with Gasteiger partial charge in [-0.3, -0.25) is 24.5 Å². The van der Waals surface area contributed by atoms with E-state index in [0.717, 1.165) is 11.1 Å². The maximum atomic E-state index is 13.6. The monoisotopic (exact) mass is 734 g/mol. The van der Waals surface area contributed by atoms with Crippen molar-refractivity contribution in [3.05, 3.63) is 147 Å². The maximum absolute atomic E-state index is 13.6. The Morgan fingerprint density at radius 2 is 1.63 bits per heavy atom. The minimum Gasteiger partial charge on any atom is -0.465 e. The molecule has 11 nitrogen and oxygen atoms in total. The van der Waals surface area contributed by atoms with Gasteiger partial charge in [-0.2, -0.15) is 0 Å². The van der Waals surface area contributed by atoms with Crippen molar-refractivity contribution in [2.24, 2.45) is 0 Å². The lowest BCUT2D eigenvalue weighted by atomic mass is 10.0. The highest BCUT2D eigenvalue weighted by atomic mass is 32.2. The van der Waals surface area contributed by atoms with Crippen molar-refractivity contribution in [2.45, 2.75) is 30.4 Å². The Labute approximate surface area is 308 Å². The summed E-state index contributed by atoms with van der Waals surface area (Å²) in [4.78, 5) is 64.9. The zero-order valence-electron chi connectivity index (χ0n) is 28.4. The molecule has 4 aromatic carbocycles. The number of ether oxygens (including phenoxy) is 1. The van der Waals surface area contributed by atoms with Gasteiger partial charge < -0.3 is 20.7 Å². The fourth-order valence-electron chi connectivity index (χ4n) is 5.10. The first-order chi connectivity index (χ1) is 25.1. The second kappa shape index (κ2) is 17.2. The molecule has 0 aliphatic carbocycles. The van der Waals surface area contributed by atoms with E-state index in [1.807, 2.05) is 43.5 Å². The molecule has 1 heterocycles. The summed E-state index contributed by atoms with van der Waals surface area (Å²) in [6.07, 6.45) is 1.70. The maximum Gasteiger partial charge on any atom is 0.341 e. The average molecular weight is 735 g/mol. The number of methoxy groups -OCH3 is 1. The number of benzene rings is 4. The van der Waals surface area contributed by atoms with E-state index in [1.165, 1.54) is 54.5 Å². The van der Waals surface area contributed by atoms with E-state index in [0.29, 0.717) is 33.1 Å². The van der Waals surface area contributed by atoms with Crippen LogP contribution in [0.3, 0.4) is 0 Å². The Hall–Kier alpha value is -6.05. The van der Waals surface area contributed by atoms with Crippen LogP contribution in [0.25, 0.3) is 17.2 Å². The van der Waals surface area contributed by atoms with E-state index in [1.54, 1.807) is 60.7 Å². The fourth-order valence-corrected chi connectivity index (χ4v) is 7.07. The standard InChI is InChI=1S/C39H34N4O7S2/c1-4-33(37(46)42-38-34(39(47)50-3)30(23-51-38)25-19-17-24(2)18-20-25)52-29-15-10-14-28(22-29)40-36(45)31(41-35(44)26-11-6-5-7-12-26)21-27-13-8-9-16-32(27)43(48)49/h5-23,33H,4H2,1-3H3,(H,40,45)(H,41,44)(H,42,46)/b31-21+. The van der Waals surface area contributed by atoms with Crippen molar-refractivity contribution in [2.75, 3.05) is 17.7 Å². The Kier molecular flexibility index (Phi) is 12.3. The molecule has 0 saturated heterocycles. The molecule has 5 rings (SSSR count). The molecular weight excluding hydrogens is 701 g/mol. The lowest BCUT2D eigenvalue weighted by Crippen LogP contribution is -2.30. The van der Waals surface area contributed by atoms with Crippen molar-refractivity contribution < 1.29 is 28.8 Å². The van der Waals surface area contributed by atoms with Gasteiger partial charge in [0.25, 0.3) is 17.5 Å². The van der Waals surface area contributed by atoms with E-state index in [-0.39, 0.29) is 28.4 Å². The van der Waals surface area contributed by atoms with Crippen LogP contribution in [0.2, 0.25) is 0 Å². The van der Waals surface area contributed by atoms with Gasteiger partial charge in [-0.15, -0.1) is 23.1 Å². The molecular formula is C39H34N4O7S2. The molecule has 0 spiro atoms. The highest BCUT2D eigenvalue weighted by Gasteiger charge is 2.26. The quantitative estimate of drug-likeness (QED) is 0.0358. The number of thioether (sulfide) groups is 1. The number of thiophene rings is 1. The summed E-state index contributed by atoms with van der Waals surface area (Å²) < 4.78 is 5.06. The van der Waals surface area contributed by atoms with Crippen LogP contribution in [0.15, 0.2) is 119 Å². The molecule has 1 atom stereocenters. The lowest BCUT2D eigenvalue weighted by Gasteiger charge is -2.16. The van der Waals surface area contributed by atoms with Gasteiger partial charge in [-0.1, -0.05) is 73.2 Å². The van der Waals surface area contributed by atoms with Crippen LogP contribution in [-0.4, -0.2) is 41.0 Å². The van der Waals surface area contributed by atoms with Gasteiger partial charge >= 0.3 is 5.97 Å². The third-order valence-electron chi connectivity index (χ3n) is 7.78. The number of nitrogens with one attached hydrogen (secondary N) is 3. The van der Waals surface area contributed by atoms with E-state index < -0.39 is 28.0 Å². The summed E-state index contributed by atoms with van der Waals surface area (Å²) in [6, 6.07) is 28.7. The smallest absolute Gasteiger partial charge is 0.341 e. The van der Waals surface area contributed by atoms with E-state index >= 15 is 0 Å². The number of amides is 3.